The summed E-state index contributed by atoms with van der Waals surface area (Å²) in [5.74, 6) is -0.209. The van der Waals surface area contributed by atoms with Gasteiger partial charge >= 0.3 is 0 Å². The summed E-state index contributed by atoms with van der Waals surface area (Å²) in [6.07, 6.45) is 3.19. The average Bonchev–Trinajstić information content (AvgIpc) is 3.28. The Balaban J connectivity index is 1.41. The Kier molecular flexibility index (Phi) is 6.14. The van der Waals surface area contributed by atoms with Crippen molar-refractivity contribution in [3.8, 4) is 5.69 Å². The molecule has 0 aliphatic carbocycles. The Hall–Kier alpha value is -2.25. The molecule has 1 atom stereocenters. The maximum atomic E-state index is 12.3. The van der Waals surface area contributed by atoms with E-state index in [1.54, 1.807) is 6.92 Å². The lowest BCUT2D eigenvalue weighted by molar-refractivity contribution is 0.0166. The lowest BCUT2D eigenvalue weighted by Crippen LogP contribution is -2.26. The van der Waals surface area contributed by atoms with E-state index in [0.717, 1.165) is 31.6 Å². The molecule has 134 valence electrons. The molecule has 0 saturated carbocycles. The molecule has 7 nitrogen and oxygen atoms in total. The molecular weight excluding hydrogens is 320 g/mol. The first-order valence-corrected chi connectivity index (χ1v) is 8.71. The number of para-hydroxylation sites is 1. The summed E-state index contributed by atoms with van der Waals surface area (Å²) in [5.41, 5.74) is 1.78. The van der Waals surface area contributed by atoms with Gasteiger partial charge in [0.25, 0.3) is 5.91 Å². The second-order valence-electron chi connectivity index (χ2n) is 6.08. The van der Waals surface area contributed by atoms with E-state index in [-0.39, 0.29) is 12.0 Å². The van der Waals surface area contributed by atoms with Gasteiger partial charge in [-0.1, -0.05) is 18.2 Å². The van der Waals surface area contributed by atoms with E-state index in [0.29, 0.717) is 31.1 Å². The highest BCUT2D eigenvalue weighted by Crippen LogP contribution is 2.12. The second-order valence-corrected chi connectivity index (χ2v) is 6.08. The molecule has 1 aromatic carbocycles. The van der Waals surface area contributed by atoms with Crippen LogP contribution in [0, 0.1) is 6.92 Å². The number of hydrogen-bond donors (Lipinski definition) is 1. The molecule has 1 aliphatic heterocycles. The number of carbonyl (C=O) groups is 1. The molecule has 0 radical (unpaired) electrons. The van der Waals surface area contributed by atoms with Gasteiger partial charge in [-0.25, -0.2) is 0 Å². The molecule has 0 bridgehead atoms. The fourth-order valence-electron chi connectivity index (χ4n) is 2.72. The van der Waals surface area contributed by atoms with Crippen LogP contribution in [0.1, 0.15) is 35.4 Å². The molecule has 3 rings (SSSR count). The van der Waals surface area contributed by atoms with E-state index < -0.39 is 0 Å². The molecule has 7 heteroatoms. The molecule has 0 spiro atoms. The average molecular weight is 344 g/mol. The van der Waals surface area contributed by atoms with Crippen LogP contribution in [0.5, 0.6) is 0 Å². The molecule has 1 saturated heterocycles. The molecule has 2 aromatic rings. The number of ether oxygens (including phenoxy) is 2. The van der Waals surface area contributed by atoms with Crippen molar-refractivity contribution in [2.24, 2.45) is 0 Å². The maximum absolute atomic E-state index is 12.3. The number of benzene rings is 1. The van der Waals surface area contributed by atoms with Gasteiger partial charge in [0.05, 0.1) is 24.1 Å². The zero-order chi connectivity index (χ0) is 17.5. The smallest absolute Gasteiger partial charge is 0.273 e. The summed E-state index contributed by atoms with van der Waals surface area (Å²) in [7, 11) is 0. The third kappa shape index (κ3) is 4.87. The predicted octanol–water partition coefficient (Wildman–Crippen LogP) is 1.89. The van der Waals surface area contributed by atoms with Crippen LogP contribution >= 0.6 is 0 Å². The third-order valence-corrected chi connectivity index (χ3v) is 4.06. The van der Waals surface area contributed by atoms with Crippen LogP contribution in [0.25, 0.3) is 5.69 Å². The molecule has 1 N–H and O–H groups in total. The van der Waals surface area contributed by atoms with Crippen molar-refractivity contribution in [1.82, 2.24) is 20.3 Å². The highest BCUT2D eigenvalue weighted by Gasteiger charge is 2.16. The van der Waals surface area contributed by atoms with Crippen LogP contribution in [0.2, 0.25) is 0 Å². The van der Waals surface area contributed by atoms with Crippen molar-refractivity contribution in [3.63, 3.8) is 0 Å². The number of aryl methyl sites for hydroxylation is 1. The molecule has 25 heavy (non-hydrogen) atoms. The zero-order valence-electron chi connectivity index (χ0n) is 14.5. The number of aromatic nitrogens is 3. The Bertz CT molecular complexity index is 681. The van der Waals surface area contributed by atoms with E-state index in [4.69, 9.17) is 9.47 Å². The highest BCUT2D eigenvalue weighted by molar-refractivity contribution is 5.93. The fourth-order valence-corrected chi connectivity index (χ4v) is 2.72. The van der Waals surface area contributed by atoms with Gasteiger partial charge in [0.2, 0.25) is 0 Å². The molecule has 1 aromatic heterocycles. The third-order valence-electron chi connectivity index (χ3n) is 4.06. The van der Waals surface area contributed by atoms with Crippen LogP contribution in [0.15, 0.2) is 30.3 Å². The quantitative estimate of drug-likeness (QED) is 0.740. The molecule has 1 amide bonds. The van der Waals surface area contributed by atoms with Crippen LogP contribution in [0.4, 0.5) is 0 Å². The van der Waals surface area contributed by atoms with Crippen molar-refractivity contribution < 1.29 is 14.3 Å². The second kappa shape index (κ2) is 8.73. The number of carbonyl (C=O) groups excluding carboxylic acids is 1. The Morgan fingerprint density at radius 3 is 2.96 bits per heavy atom. The van der Waals surface area contributed by atoms with Crippen LogP contribution in [-0.2, 0) is 9.47 Å². The highest BCUT2D eigenvalue weighted by atomic mass is 16.5. The number of nitrogens with one attached hydrogen (secondary N) is 1. The van der Waals surface area contributed by atoms with Crippen molar-refractivity contribution >= 4 is 5.91 Å². The van der Waals surface area contributed by atoms with Gasteiger partial charge in [0.15, 0.2) is 5.69 Å². The SMILES string of the molecule is Cc1nn(-c2ccccc2)nc1C(=O)NCCCOC[C@H]1CCCO1. The minimum atomic E-state index is -0.209. The normalized spacial score (nSPS) is 16.9. The first-order valence-electron chi connectivity index (χ1n) is 8.71. The van der Waals surface area contributed by atoms with Crippen LogP contribution < -0.4 is 5.32 Å². The fraction of sp³-hybridized carbons (Fsp3) is 0.500. The van der Waals surface area contributed by atoms with Crippen molar-refractivity contribution in [2.75, 3.05) is 26.4 Å². The van der Waals surface area contributed by atoms with Crippen LogP contribution in [-0.4, -0.2) is 53.4 Å². The largest absolute Gasteiger partial charge is 0.379 e. The number of amides is 1. The van der Waals surface area contributed by atoms with E-state index in [2.05, 4.69) is 15.5 Å². The van der Waals surface area contributed by atoms with E-state index in [1.165, 1.54) is 4.80 Å². The van der Waals surface area contributed by atoms with Gasteiger partial charge in [-0.2, -0.15) is 9.90 Å². The molecule has 2 heterocycles. The molecule has 0 unspecified atom stereocenters. The minimum Gasteiger partial charge on any atom is -0.379 e. The van der Waals surface area contributed by atoms with E-state index in [1.807, 2.05) is 30.3 Å². The summed E-state index contributed by atoms with van der Waals surface area (Å²) >= 11 is 0. The lowest BCUT2D eigenvalue weighted by Gasteiger charge is -2.10. The van der Waals surface area contributed by atoms with Gasteiger partial charge in [-0.15, -0.1) is 5.10 Å². The van der Waals surface area contributed by atoms with E-state index >= 15 is 0 Å². The number of rotatable bonds is 8. The Morgan fingerprint density at radius 2 is 2.20 bits per heavy atom. The summed E-state index contributed by atoms with van der Waals surface area (Å²) in [5, 5.41) is 11.5. The van der Waals surface area contributed by atoms with Gasteiger partial charge < -0.3 is 14.8 Å². The van der Waals surface area contributed by atoms with Crippen molar-refractivity contribution in [1.29, 1.82) is 0 Å². The summed E-state index contributed by atoms with van der Waals surface area (Å²) in [6.45, 7) is 4.41. The summed E-state index contributed by atoms with van der Waals surface area (Å²) in [6, 6.07) is 9.53. The standard InChI is InChI=1S/C18H24N4O3/c1-14-17(21-22(20-14)15-7-3-2-4-8-15)18(23)19-10-6-11-24-13-16-9-5-12-25-16/h2-4,7-8,16H,5-6,9-13H2,1H3,(H,19,23)/t16-/m1/s1. The Labute approximate surface area is 147 Å². The van der Waals surface area contributed by atoms with Gasteiger partial charge in [0.1, 0.15) is 0 Å². The molecular formula is C18H24N4O3. The number of nitrogens with zero attached hydrogens (tertiary/aromatic N) is 3. The zero-order valence-corrected chi connectivity index (χ0v) is 14.5. The van der Waals surface area contributed by atoms with Crippen LogP contribution in [0.3, 0.4) is 0 Å². The lowest BCUT2D eigenvalue weighted by atomic mass is 10.2. The first kappa shape index (κ1) is 17.6. The summed E-state index contributed by atoms with van der Waals surface area (Å²) in [4.78, 5) is 13.7. The number of hydrogen-bond acceptors (Lipinski definition) is 5. The molecule has 1 fully saturated rings. The molecule has 1 aliphatic rings. The topological polar surface area (TPSA) is 78.3 Å². The maximum Gasteiger partial charge on any atom is 0.273 e. The predicted molar refractivity (Wildman–Crippen MR) is 92.8 cm³/mol. The first-order chi connectivity index (χ1) is 12.2. The minimum absolute atomic E-state index is 0.209. The van der Waals surface area contributed by atoms with Crippen molar-refractivity contribution in [3.05, 3.63) is 41.7 Å². The van der Waals surface area contributed by atoms with Gasteiger partial charge in [-0.05, 0) is 38.3 Å². The van der Waals surface area contributed by atoms with Gasteiger partial charge in [0, 0.05) is 19.8 Å². The van der Waals surface area contributed by atoms with Gasteiger partial charge in [-0.3, -0.25) is 4.79 Å². The Morgan fingerprint density at radius 1 is 1.36 bits per heavy atom. The monoisotopic (exact) mass is 344 g/mol. The van der Waals surface area contributed by atoms with Crippen molar-refractivity contribution in [2.45, 2.75) is 32.3 Å². The van der Waals surface area contributed by atoms with E-state index in [9.17, 15) is 4.79 Å². The summed E-state index contributed by atoms with van der Waals surface area (Å²) < 4.78 is 11.1.